The molecular formula is C12H6Cl3N3. The summed E-state index contributed by atoms with van der Waals surface area (Å²) in [4.78, 5) is 4.02. The molecule has 18 heavy (non-hydrogen) atoms. The van der Waals surface area contributed by atoms with Crippen molar-refractivity contribution in [1.82, 2.24) is 4.98 Å². The summed E-state index contributed by atoms with van der Waals surface area (Å²) in [7, 11) is 0. The Labute approximate surface area is 119 Å². The third-order valence-electron chi connectivity index (χ3n) is 2.19. The lowest BCUT2D eigenvalue weighted by Gasteiger charge is -2.09. The molecule has 1 N–H and O–H groups in total. The van der Waals surface area contributed by atoms with Crippen LogP contribution in [0, 0.1) is 11.3 Å². The summed E-state index contributed by atoms with van der Waals surface area (Å²) in [6.45, 7) is 0. The van der Waals surface area contributed by atoms with Crippen molar-refractivity contribution in [2.45, 2.75) is 0 Å². The number of pyridine rings is 1. The Bertz CT molecular complexity index is 635. The highest BCUT2D eigenvalue weighted by atomic mass is 35.5. The van der Waals surface area contributed by atoms with Crippen LogP contribution in [0.5, 0.6) is 0 Å². The molecule has 3 nitrogen and oxygen atoms in total. The predicted octanol–water partition coefficient (Wildman–Crippen LogP) is 4.66. The molecule has 0 bridgehead atoms. The van der Waals surface area contributed by atoms with Crippen molar-refractivity contribution in [2.75, 3.05) is 5.32 Å². The quantitative estimate of drug-likeness (QED) is 0.820. The average molecular weight is 299 g/mol. The summed E-state index contributed by atoms with van der Waals surface area (Å²) >= 11 is 17.6. The molecule has 0 unspecified atom stereocenters. The van der Waals surface area contributed by atoms with E-state index < -0.39 is 0 Å². The van der Waals surface area contributed by atoms with Crippen molar-refractivity contribution in [2.24, 2.45) is 0 Å². The summed E-state index contributed by atoms with van der Waals surface area (Å²) in [5.41, 5.74) is 1.09. The van der Waals surface area contributed by atoms with Crippen LogP contribution >= 0.6 is 34.8 Å². The lowest BCUT2D eigenvalue weighted by Crippen LogP contribution is -1.97. The number of hydrogen-bond donors (Lipinski definition) is 1. The van der Waals surface area contributed by atoms with Gasteiger partial charge in [0, 0.05) is 0 Å². The predicted molar refractivity (Wildman–Crippen MR) is 73.7 cm³/mol. The molecular weight excluding hydrogens is 293 g/mol. The van der Waals surface area contributed by atoms with Gasteiger partial charge >= 0.3 is 0 Å². The van der Waals surface area contributed by atoms with Crippen LogP contribution in [0.3, 0.4) is 0 Å². The highest BCUT2D eigenvalue weighted by Crippen LogP contribution is 2.31. The van der Waals surface area contributed by atoms with Gasteiger partial charge in [-0.25, -0.2) is 4.98 Å². The number of nitrogens with zero attached hydrogens (tertiary/aromatic N) is 2. The van der Waals surface area contributed by atoms with Gasteiger partial charge in [-0.3, -0.25) is 0 Å². The first-order chi connectivity index (χ1) is 8.61. The first kappa shape index (κ1) is 13.0. The van der Waals surface area contributed by atoms with Gasteiger partial charge in [-0.1, -0.05) is 46.9 Å². The minimum atomic E-state index is 0.151. The Morgan fingerprint density at radius 2 is 1.83 bits per heavy atom. The second-order valence-electron chi connectivity index (χ2n) is 3.37. The van der Waals surface area contributed by atoms with Crippen LogP contribution in [-0.4, -0.2) is 4.98 Å². The minimum absolute atomic E-state index is 0.151. The Morgan fingerprint density at radius 3 is 2.56 bits per heavy atom. The number of rotatable bonds is 2. The number of benzene rings is 1. The van der Waals surface area contributed by atoms with Crippen molar-refractivity contribution in [3.05, 3.63) is 51.1 Å². The zero-order chi connectivity index (χ0) is 13.1. The van der Waals surface area contributed by atoms with E-state index in [0.29, 0.717) is 22.1 Å². The van der Waals surface area contributed by atoms with Gasteiger partial charge in [-0.2, -0.15) is 5.26 Å². The van der Waals surface area contributed by atoms with Crippen LogP contribution < -0.4 is 5.32 Å². The molecule has 1 heterocycles. The normalized spacial score (nSPS) is 9.89. The Morgan fingerprint density at radius 1 is 1.11 bits per heavy atom. The molecule has 0 saturated carbocycles. The molecule has 0 radical (unpaired) electrons. The molecule has 0 fully saturated rings. The van der Waals surface area contributed by atoms with Crippen molar-refractivity contribution < 1.29 is 0 Å². The van der Waals surface area contributed by atoms with Gasteiger partial charge in [-0.05, 0) is 18.2 Å². The fourth-order valence-corrected chi connectivity index (χ4v) is 1.89. The molecule has 90 valence electrons. The van der Waals surface area contributed by atoms with Crippen molar-refractivity contribution >= 4 is 46.3 Å². The van der Waals surface area contributed by atoms with E-state index in [2.05, 4.69) is 16.4 Å². The van der Waals surface area contributed by atoms with Gasteiger partial charge in [0.2, 0.25) is 0 Å². The van der Waals surface area contributed by atoms with Crippen LogP contribution in [0.15, 0.2) is 30.3 Å². The van der Waals surface area contributed by atoms with Crippen molar-refractivity contribution in [3.8, 4) is 6.07 Å². The number of aromatic nitrogens is 1. The second-order valence-corrected chi connectivity index (χ2v) is 4.55. The van der Waals surface area contributed by atoms with Gasteiger partial charge in [0.15, 0.2) is 5.82 Å². The maximum Gasteiger partial charge on any atom is 0.151 e. The molecule has 1 aromatic carbocycles. The van der Waals surface area contributed by atoms with Crippen molar-refractivity contribution in [3.63, 3.8) is 0 Å². The van der Waals surface area contributed by atoms with Gasteiger partial charge in [0.05, 0.1) is 21.3 Å². The standard InChI is InChI=1S/C12H6Cl3N3/c13-8-5-9(14)12(18-11(8)15)17-10-4-2-1-3-7(10)6-16/h1-5H,(H,17,18). The molecule has 0 aliphatic rings. The molecule has 2 aromatic rings. The summed E-state index contributed by atoms with van der Waals surface area (Å²) < 4.78 is 0. The molecule has 1 aromatic heterocycles. The first-order valence-electron chi connectivity index (χ1n) is 4.89. The largest absolute Gasteiger partial charge is 0.338 e. The molecule has 0 spiro atoms. The van der Waals surface area contributed by atoms with E-state index in [-0.39, 0.29) is 10.2 Å². The van der Waals surface area contributed by atoms with E-state index in [9.17, 15) is 0 Å². The third kappa shape index (κ3) is 2.68. The van der Waals surface area contributed by atoms with Gasteiger partial charge in [0.25, 0.3) is 0 Å². The molecule has 0 saturated heterocycles. The van der Waals surface area contributed by atoms with Crippen LogP contribution in [0.4, 0.5) is 11.5 Å². The zero-order valence-corrected chi connectivity index (χ0v) is 11.2. The van der Waals surface area contributed by atoms with Crippen molar-refractivity contribution in [1.29, 1.82) is 5.26 Å². The van der Waals surface area contributed by atoms with Gasteiger partial charge < -0.3 is 5.32 Å². The van der Waals surface area contributed by atoms with Crippen LogP contribution in [0.1, 0.15) is 5.56 Å². The number of halogens is 3. The fraction of sp³-hybridized carbons (Fsp3) is 0. The van der Waals surface area contributed by atoms with E-state index in [1.165, 1.54) is 6.07 Å². The maximum absolute atomic E-state index is 8.97. The number of hydrogen-bond acceptors (Lipinski definition) is 3. The molecule has 0 aliphatic heterocycles. The van der Waals surface area contributed by atoms with E-state index >= 15 is 0 Å². The number of nitriles is 1. The molecule has 6 heteroatoms. The first-order valence-corrected chi connectivity index (χ1v) is 6.03. The summed E-state index contributed by atoms with van der Waals surface area (Å²) in [6.07, 6.45) is 0. The highest BCUT2D eigenvalue weighted by molar-refractivity contribution is 6.43. The SMILES string of the molecule is N#Cc1ccccc1Nc1nc(Cl)c(Cl)cc1Cl. The Balaban J connectivity index is 2.41. The molecule has 0 aliphatic carbocycles. The second kappa shape index (κ2) is 5.45. The van der Waals surface area contributed by atoms with Gasteiger partial charge in [0.1, 0.15) is 11.2 Å². The maximum atomic E-state index is 8.97. The van der Waals surface area contributed by atoms with Crippen LogP contribution in [0.25, 0.3) is 0 Å². The summed E-state index contributed by atoms with van der Waals surface area (Å²) in [5.74, 6) is 0.355. The Hall–Kier alpha value is -1.47. The minimum Gasteiger partial charge on any atom is -0.338 e. The lowest BCUT2D eigenvalue weighted by atomic mass is 10.2. The number of anilines is 2. The summed E-state index contributed by atoms with van der Waals surface area (Å²) in [6, 6.07) is 10.6. The van der Waals surface area contributed by atoms with E-state index in [0.717, 1.165) is 0 Å². The Kier molecular flexibility index (Phi) is 3.93. The zero-order valence-electron chi connectivity index (χ0n) is 8.92. The topological polar surface area (TPSA) is 48.7 Å². The third-order valence-corrected chi connectivity index (χ3v) is 3.15. The number of nitrogens with one attached hydrogen (secondary N) is 1. The average Bonchev–Trinajstić information content (AvgIpc) is 2.36. The molecule has 0 atom stereocenters. The summed E-state index contributed by atoms with van der Waals surface area (Å²) in [5, 5.41) is 12.7. The number of para-hydroxylation sites is 1. The monoisotopic (exact) mass is 297 g/mol. The fourth-order valence-electron chi connectivity index (χ4n) is 1.35. The molecule has 0 amide bonds. The van der Waals surface area contributed by atoms with E-state index in [1.54, 1.807) is 24.3 Å². The van der Waals surface area contributed by atoms with Gasteiger partial charge in [-0.15, -0.1) is 0 Å². The van der Waals surface area contributed by atoms with E-state index in [1.807, 2.05) is 0 Å². The lowest BCUT2D eigenvalue weighted by molar-refractivity contribution is 1.30. The van der Waals surface area contributed by atoms with E-state index in [4.69, 9.17) is 40.1 Å². The van der Waals surface area contributed by atoms with Crippen LogP contribution in [0.2, 0.25) is 15.2 Å². The van der Waals surface area contributed by atoms with Crippen LogP contribution in [-0.2, 0) is 0 Å². The smallest absolute Gasteiger partial charge is 0.151 e. The highest BCUT2D eigenvalue weighted by Gasteiger charge is 2.09. The molecule has 2 rings (SSSR count).